The summed E-state index contributed by atoms with van der Waals surface area (Å²) in [5, 5.41) is 2.13. The maximum atomic E-state index is 12.2. The first kappa shape index (κ1) is 15.1. The Kier molecular flexibility index (Phi) is 4.78. The summed E-state index contributed by atoms with van der Waals surface area (Å²) in [7, 11) is 0. The first-order valence-corrected chi connectivity index (χ1v) is 8.61. The van der Waals surface area contributed by atoms with Crippen molar-refractivity contribution in [3.05, 3.63) is 52.2 Å². The van der Waals surface area contributed by atoms with E-state index in [1.54, 1.807) is 0 Å². The SMILES string of the molecule is Cc1ccc(OCC(=O)N2CCC(c3cccs3)CC2)cc1. The lowest BCUT2D eigenvalue weighted by molar-refractivity contribution is -0.134. The van der Waals surface area contributed by atoms with Gasteiger partial charge in [-0.05, 0) is 49.3 Å². The normalized spacial score (nSPS) is 15.8. The molecule has 0 bridgehead atoms. The molecule has 2 heterocycles. The average molecular weight is 315 g/mol. The lowest BCUT2D eigenvalue weighted by Gasteiger charge is -2.31. The highest BCUT2D eigenvalue weighted by Gasteiger charge is 2.24. The Morgan fingerprint density at radius 1 is 1.23 bits per heavy atom. The fraction of sp³-hybridized carbons (Fsp3) is 0.389. The van der Waals surface area contributed by atoms with Crippen LogP contribution >= 0.6 is 11.3 Å². The van der Waals surface area contributed by atoms with Gasteiger partial charge in [-0.1, -0.05) is 23.8 Å². The second-order valence-corrected chi connectivity index (χ2v) is 6.75. The van der Waals surface area contributed by atoms with Gasteiger partial charge in [0.05, 0.1) is 0 Å². The summed E-state index contributed by atoms with van der Waals surface area (Å²) in [4.78, 5) is 15.6. The molecule has 0 radical (unpaired) electrons. The molecule has 4 heteroatoms. The van der Waals surface area contributed by atoms with Crippen LogP contribution in [0.5, 0.6) is 5.75 Å². The van der Waals surface area contributed by atoms with Crippen LogP contribution in [0, 0.1) is 6.92 Å². The molecular formula is C18H21NO2S. The van der Waals surface area contributed by atoms with E-state index in [2.05, 4.69) is 17.5 Å². The standard InChI is InChI=1S/C18H21NO2S/c1-14-4-6-16(7-5-14)21-13-18(20)19-10-8-15(9-11-19)17-3-2-12-22-17/h2-7,12,15H,8-11,13H2,1H3. The Morgan fingerprint density at radius 2 is 1.95 bits per heavy atom. The Hall–Kier alpha value is -1.81. The number of amides is 1. The molecular weight excluding hydrogens is 294 g/mol. The minimum absolute atomic E-state index is 0.0882. The van der Waals surface area contributed by atoms with Gasteiger partial charge >= 0.3 is 0 Å². The highest BCUT2D eigenvalue weighted by molar-refractivity contribution is 7.10. The summed E-state index contributed by atoms with van der Waals surface area (Å²) in [5.41, 5.74) is 1.19. The van der Waals surface area contributed by atoms with Gasteiger partial charge in [0.1, 0.15) is 5.75 Å². The summed E-state index contributed by atoms with van der Waals surface area (Å²) in [6.45, 7) is 3.83. The molecule has 0 atom stereocenters. The molecule has 1 saturated heterocycles. The zero-order valence-corrected chi connectivity index (χ0v) is 13.6. The second-order valence-electron chi connectivity index (χ2n) is 5.77. The topological polar surface area (TPSA) is 29.5 Å². The minimum Gasteiger partial charge on any atom is -0.484 e. The van der Waals surface area contributed by atoms with E-state index in [4.69, 9.17) is 4.74 Å². The summed E-state index contributed by atoms with van der Waals surface area (Å²) >= 11 is 1.82. The lowest BCUT2D eigenvalue weighted by Crippen LogP contribution is -2.40. The highest BCUT2D eigenvalue weighted by atomic mass is 32.1. The predicted molar refractivity (Wildman–Crippen MR) is 89.5 cm³/mol. The smallest absolute Gasteiger partial charge is 0.260 e. The molecule has 1 aliphatic heterocycles. The van der Waals surface area contributed by atoms with Gasteiger partial charge in [0, 0.05) is 18.0 Å². The van der Waals surface area contributed by atoms with Crippen molar-refractivity contribution in [3.8, 4) is 5.75 Å². The summed E-state index contributed by atoms with van der Waals surface area (Å²) < 4.78 is 5.59. The number of aryl methyl sites for hydroxylation is 1. The van der Waals surface area contributed by atoms with Gasteiger partial charge in [-0.15, -0.1) is 11.3 Å². The molecule has 3 rings (SSSR count). The molecule has 1 aromatic heterocycles. The van der Waals surface area contributed by atoms with Gasteiger partial charge < -0.3 is 9.64 Å². The van der Waals surface area contributed by atoms with Crippen molar-refractivity contribution in [1.29, 1.82) is 0 Å². The number of thiophene rings is 1. The fourth-order valence-corrected chi connectivity index (χ4v) is 3.71. The zero-order chi connectivity index (χ0) is 15.4. The quantitative estimate of drug-likeness (QED) is 0.858. The number of carbonyl (C=O) groups is 1. The zero-order valence-electron chi connectivity index (χ0n) is 12.8. The molecule has 3 nitrogen and oxygen atoms in total. The van der Waals surface area contributed by atoms with Crippen LogP contribution in [-0.4, -0.2) is 30.5 Å². The molecule has 1 fully saturated rings. The molecule has 0 N–H and O–H groups in total. The van der Waals surface area contributed by atoms with E-state index in [0.717, 1.165) is 31.7 Å². The van der Waals surface area contributed by atoms with E-state index < -0.39 is 0 Å². The van der Waals surface area contributed by atoms with Crippen LogP contribution in [0.3, 0.4) is 0 Å². The third-order valence-corrected chi connectivity index (χ3v) is 5.21. The Balaban J connectivity index is 1.46. The number of nitrogens with zero attached hydrogens (tertiary/aromatic N) is 1. The van der Waals surface area contributed by atoms with E-state index in [1.165, 1.54) is 10.4 Å². The van der Waals surface area contributed by atoms with Crippen molar-refractivity contribution < 1.29 is 9.53 Å². The summed E-state index contributed by atoms with van der Waals surface area (Å²) in [6, 6.07) is 12.1. The number of ether oxygens (including phenoxy) is 1. The summed E-state index contributed by atoms with van der Waals surface area (Å²) in [6.07, 6.45) is 2.10. The van der Waals surface area contributed by atoms with Crippen molar-refractivity contribution in [2.45, 2.75) is 25.7 Å². The number of rotatable bonds is 4. The van der Waals surface area contributed by atoms with Gasteiger partial charge in [-0.25, -0.2) is 0 Å². The van der Waals surface area contributed by atoms with Crippen molar-refractivity contribution in [2.75, 3.05) is 19.7 Å². The molecule has 22 heavy (non-hydrogen) atoms. The molecule has 0 saturated carbocycles. The van der Waals surface area contributed by atoms with Gasteiger partial charge in [0.15, 0.2) is 6.61 Å². The number of hydrogen-bond donors (Lipinski definition) is 0. The monoisotopic (exact) mass is 315 g/mol. The van der Waals surface area contributed by atoms with E-state index in [0.29, 0.717) is 5.92 Å². The van der Waals surface area contributed by atoms with Crippen molar-refractivity contribution >= 4 is 17.2 Å². The predicted octanol–water partition coefficient (Wildman–Crippen LogP) is 3.84. The van der Waals surface area contributed by atoms with Crippen LogP contribution in [0.4, 0.5) is 0 Å². The molecule has 1 aliphatic rings. The first-order chi connectivity index (χ1) is 10.7. The number of piperidine rings is 1. The Bertz CT molecular complexity index is 599. The number of carbonyl (C=O) groups excluding carboxylic acids is 1. The van der Waals surface area contributed by atoms with Gasteiger partial charge in [0.2, 0.25) is 0 Å². The Morgan fingerprint density at radius 3 is 2.59 bits per heavy atom. The number of hydrogen-bond acceptors (Lipinski definition) is 3. The average Bonchev–Trinajstić information content (AvgIpc) is 3.09. The van der Waals surface area contributed by atoms with Crippen molar-refractivity contribution in [3.63, 3.8) is 0 Å². The fourth-order valence-electron chi connectivity index (χ4n) is 2.81. The first-order valence-electron chi connectivity index (χ1n) is 7.73. The van der Waals surface area contributed by atoms with Crippen LogP contribution in [0.15, 0.2) is 41.8 Å². The van der Waals surface area contributed by atoms with Crippen LogP contribution < -0.4 is 4.74 Å². The molecule has 0 aliphatic carbocycles. The van der Waals surface area contributed by atoms with Crippen molar-refractivity contribution in [1.82, 2.24) is 4.90 Å². The summed E-state index contributed by atoms with van der Waals surface area (Å²) in [5.74, 6) is 1.46. The van der Waals surface area contributed by atoms with E-state index in [9.17, 15) is 4.79 Å². The van der Waals surface area contributed by atoms with Gasteiger partial charge in [-0.2, -0.15) is 0 Å². The largest absolute Gasteiger partial charge is 0.484 e. The van der Waals surface area contributed by atoms with Crippen LogP contribution in [-0.2, 0) is 4.79 Å². The van der Waals surface area contributed by atoms with Gasteiger partial charge in [-0.3, -0.25) is 4.79 Å². The van der Waals surface area contributed by atoms with E-state index >= 15 is 0 Å². The van der Waals surface area contributed by atoms with Crippen LogP contribution in [0.25, 0.3) is 0 Å². The van der Waals surface area contributed by atoms with Gasteiger partial charge in [0.25, 0.3) is 5.91 Å². The maximum Gasteiger partial charge on any atom is 0.260 e. The molecule has 0 spiro atoms. The molecule has 0 unspecified atom stereocenters. The number of benzene rings is 1. The van der Waals surface area contributed by atoms with Crippen LogP contribution in [0.1, 0.15) is 29.2 Å². The minimum atomic E-state index is 0.0882. The molecule has 2 aromatic rings. The molecule has 1 amide bonds. The third kappa shape index (κ3) is 3.69. The second kappa shape index (κ2) is 6.97. The molecule has 1 aromatic carbocycles. The maximum absolute atomic E-state index is 12.2. The Labute approximate surface area is 135 Å². The molecule has 116 valence electrons. The number of likely N-dealkylation sites (tertiary alicyclic amines) is 1. The van der Waals surface area contributed by atoms with E-state index in [-0.39, 0.29) is 12.5 Å². The highest BCUT2D eigenvalue weighted by Crippen LogP contribution is 2.30. The van der Waals surface area contributed by atoms with E-state index in [1.807, 2.05) is 47.4 Å². The van der Waals surface area contributed by atoms with Crippen molar-refractivity contribution in [2.24, 2.45) is 0 Å². The lowest BCUT2D eigenvalue weighted by atomic mass is 9.95. The van der Waals surface area contributed by atoms with Crippen LogP contribution in [0.2, 0.25) is 0 Å². The third-order valence-electron chi connectivity index (χ3n) is 4.18.